The number of aromatic nitrogens is 2. The number of nitrogens with one attached hydrogen (secondary N) is 1. The van der Waals surface area contributed by atoms with E-state index in [2.05, 4.69) is 33.7 Å². The zero-order valence-electron chi connectivity index (χ0n) is 10.8. The van der Waals surface area contributed by atoms with Crippen LogP contribution in [0.5, 0.6) is 0 Å². The van der Waals surface area contributed by atoms with E-state index < -0.39 is 0 Å². The Kier molecular flexibility index (Phi) is 4.38. The van der Waals surface area contributed by atoms with E-state index in [0.29, 0.717) is 0 Å². The maximum atomic E-state index is 5.22. The third kappa shape index (κ3) is 2.91. The number of hydrogen-bond acceptors (Lipinski definition) is 2. The first-order valence-corrected chi connectivity index (χ1v) is 6.39. The average molecular weight is 241 g/mol. The molecule has 0 unspecified atom stereocenters. The van der Waals surface area contributed by atoms with Gasteiger partial charge in [0, 0.05) is 19.2 Å². The van der Waals surface area contributed by atoms with Crippen LogP contribution in [0.2, 0.25) is 0 Å². The molecule has 0 aliphatic heterocycles. The second-order valence-corrected chi connectivity index (χ2v) is 4.41. The van der Waals surface area contributed by atoms with Gasteiger partial charge in [-0.15, -0.1) is 12.3 Å². The maximum absolute atomic E-state index is 5.22. The van der Waals surface area contributed by atoms with Crippen molar-refractivity contribution in [3.63, 3.8) is 0 Å². The summed E-state index contributed by atoms with van der Waals surface area (Å²) in [6.45, 7) is 3.91. The standard InChI is InChI=1S/C15H19N3/c1-3-4-5-7-10-16-12-14-13(2)17-15-9-6-8-11-18(14)15/h1,6,8-9,11,16H,4-5,7,10,12H2,2H3. The molecular formula is C15H19N3. The zero-order valence-corrected chi connectivity index (χ0v) is 10.8. The number of pyridine rings is 1. The van der Waals surface area contributed by atoms with E-state index in [1.807, 2.05) is 18.2 Å². The lowest BCUT2D eigenvalue weighted by Crippen LogP contribution is -2.16. The number of aryl methyl sites for hydroxylation is 1. The molecule has 0 bridgehead atoms. The van der Waals surface area contributed by atoms with Gasteiger partial charge >= 0.3 is 0 Å². The van der Waals surface area contributed by atoms with Gasteiger partial charge in [0.25, 0.3) is 0 Å². The van der Waals surface area contributed by atoms with Gasteiger partial charge in [-0.1, -0.05) is 6.07 Å². The predicted molar refractivity (Wildman–Crippen MR) is 74.3 cm³/mol. The molecule has 0 radical (unpaired) electrons. The minimum Gasteiger partial charge on any atom is -0.311 e. The molecule has 2 aromatic rings. The Hall–Kier alpha value is -1.79. The third-order valence-electron chi connectivity index (χ3n) is 3.05. The van der Waals surface area contributed by atoms with Crippen molar-refractivity contribution in [2.75, 3.05) is 6.54 Å². The van der Waals surface area contributed by atoms with Crippen LogP contribution in [0, 0.1) is 19.3 Å². The highest BCUT2D eigenvalue weighted by atomic mass is 15.0. The van der Waals surface area contributed by atoms with Crippen molar-refractivity contribution in [2.24, 2.45) is 0 Å². The average Bonchev–Trinajstić information content (AvgIpc) is 2.70. The number of nitrogens with zero attached hydrogens (tertiary/aromatic N) is 2. The molecule has 3 heteroatoms. The molecule has 2 heterocycles. The smallest absolute Gasteiger partial charge is 0.137 e. The first-order valence-electron chi connectivity index (χ1n) is 6.39. The van der Waals surface area contributed by atoms with Crippen molar-refractivity contribution in [3.05, 3.63) is 35.8 Å². The van der Waals surface area contributed by atoms with Crippen LogP contribution in [0.1, 0.15) is 30.7 Å². The van der Waals surface area contributed by atoms with Gasteiger partial charge in [-0.25, -0.2) is 4.98 Å². The number of terminal acetylenes is 1. The Morgan fingerprint density at radius 1 is 1.39 bits per heavy atom. The van der Waals surface area contributed by atoms with Crippen LogP contribution in [0.3, 0.4) is 0 Å². The molecule has 0 fully saturated rings. The Bertz CT molecular complexity index is 548. The lowest BCUT2D eigenvalue weighted by molar-refractivity contribution is 0.619. The van der Waals surface area contributed by atoms with E-state index in [-0.39, 0.29) is 0 Å². The first-order chi connectivity index (χ1) is 8.83. The monoisotopic (exact) mass is 241 g/mol. The number of fused-ring (bicyclic) bond motifs is 1. The van der Waals surface area contributed by atoms with Crippen molar-refractivity contribution in [3.8, 4) is 12.3 Å². The summed E-state index contributed by atoms with van der Waals surface area (Å²) in [7, 11) is 0. The largest absolute Gasteiger partial charge is 0.311 e. The highest BCUT2D eigenvalue weighted by Gasteiger charge is 2.06. The predicted octanol–water partition coefficient (Wildman–Crippen LogP) is 2.54. The van der Waals surface area contributed by atoms with Crippen LogP contribution < -0.4 is 5.32 Å². The van der Waals surface area contributed by atoms with Gasteiger partial charge in [-0.2, -0.15) is 0 Å². The summed E-state index contributed by atoms with van der Waals surface area (Å²) in [5.74, 6) is 2.66. The van der Waals surface area contributed by atoms with Crippen molar-refractivity contribution in [2.45, 2.75) is 32.7 Å². The number of hydrogen-bond donors (Lipinski definition) is 1. The van der Waals surface area contributed by atoms with E-state index >= 15 is 0 Å². The minimum atomic E-state index is 0.854. The van der Waals surface area contributed by atoms with Gasteiger partial charge in [0.15, 0.2) is 0 Å². The molecular weight excluding hydrogens is 222 g/mol. The van der Waals surface area contributed by atoms with Gasteiger partial charge < -0.3 is 9.72 Å². The van der Waals surface area contributed by atoms with Crippen molar-refractivity contribution >= 4 is 5.65 Å². The summed E-state index contributed by atoms with van der Waals surface area (Å²) in [6.07, 6.45) is 10.4. The normalized spacial score (nSPS) is 10.7. The molecule has 94 valence electrons. The lowest BCUT2D eigenvalue weighted by atomic mass is 10.2. The Labute approximate surface area is 108 Å². The Balaban J connectivity index is 1.91. The van der Waals surface area contributed by atoms with Gasteiger partial charge in [0.2, 0.25) is 0 Å². The van der Waals surface area contributed by atoms with Crippen LogP contribution in [-0.4, -0.2) is 15.9 Å². The summed E-state index contributed by atoms with van der Waals surface area (Å²) >= 11 is 0. The van der Waals surface area contributed by atoms with Crippen LogP contribution in [-0.2, 0) is 6.54 Å². The molecule has 0 aliphatic rings. The SMILES string of the molecule is C#CCCCCNCc1c(C)nc2ccccn12. The fourth-order valence-corrected chi connectivity index (χ4v) is 2.06. The molecule has 2 aromatic heterocycles. The molecule has 0 amide bonds. The Morgan fingerprint density at radius 2 is 2.28 bits per heavy atom. The second-order valence-electron chi connectivity index (χ2n) is 4.41. The maximum Gasteiger partial charge on any atom is 0.137 e. The van der Waals surface area contributed by atoms with E-state index in [1.54, 1.807) is 0 Å². The van der Waals surface area contributed by atoms with Crippen LogP contribution >= 0.6 is 0 Å². The summed E-state index contributed by atoms with van der Waals surface area (Å²) in [5.41, 5.74) is 3.35. The molecule has 0 spiro atoms. The summed E-state index contributed by atoms with van der Waals surface area (Å²) in [4.78, 5) is 4.54. The number of unbranched alkanes of at least 4 members (excludes halogenated alkanes) is 2. The summed E-state index contributed by atoms with van der Waals surface area (Å²) < 4.78 is 2.14. The van der Waals surface area contributed by atoms with Crippen LogP contribution in [0.25, 0.3) is 5.65 Å². The van der Waals surface area contributed by atoms with Gasteiger partial charge in [0.1, 0.15) is 5.65 Å². The summed E-state index contributed by atoms with van der Waals surface area (Å²) in [5, 5.41) is 3.45. The van der Waals surface area contributed by atoms with Gasteiger partial charge in [0.05, 0.1) is 11.4 Å². The van der Waals surface area contributed by atoms with Crippen molar-refractivity contribution in [1.29, 1.82) is 0 Å². The minimum absolute atomic E-state index is 0.854. The number of imidazole rings is 1. The zero-order chi connectivity index (χ0) is 12.8. The molecule has 0 atom stereocenters. The molecule has 18 heavy (non-hydrogen) atoms. The second kappa shape index (κ2) is 6.23. The highest BCUT2D eigenvalue weighted by Crippen LogP contribution is 2.11. The van der Waals surface area contributed by atoms with Gasteiger partial charge in [-0.3, -0.25) is 0 Å². The lowest BCUT2D eigenvalue weighted by Gasteiger charge is -2.05. The van der Waals surface area contributed by atoms with Crippen molar-refractivity contribution < 1.29 is 0 Å². The van der Waals surface area contributed by atoms with E-state index in [4.69, 9.17) is 6.42 Å². The quantitative estimate of drug-likeness (QED) is 0.622. The van der Waals surface area contributed by atoms with Crippen molar-refractivity contribution in [1.82, 2.24) is 14.7 Å². The topological polar surface area (TPSA) is 29.3 Å². The Morgan fingerprint density at radius 3 is 3.11 bits per heavy atom. The molecule has 0 aromatic carbocycles. The van der Waals surface area contributed by atoms with Crippen LogP contribution in [0.15, 0.2) is 24.4 Å². The fourth-order valence-electron chi connectivity index (χ4n) is 2.06. The molecule has 0 aliphatic carbocycles. The molecule has 0 saturated heterocycles. The fraction of sp³-hybridized carbons (Fsp3) is 0.400. The molecule has 0 saturated carbocycles. The third-order valence-corrected chi connectivity index (χ3v) is 3.05. The van der Waals surface area contributed by atoms with E-state index in [9.17, 15) is 0 Å². The molecule has 3 nitrogen and oxygen atoms in total. The molecule has 2 rings (SSSR count). The number of rotatable bonds is 6. The summed E-state index contributed by atoms with van der Waals surface area (Å²) in [6, 6.07) is 6.08. The first kappa shape index (κ1) is 12.7. The van der Waals surface area contributed by atoms with E-state index in [0.717, 1.165) is 43.7 Å². The van der Waals surface area contributed by atoms with E-state index in [1.165, 1.54) is 5.69 Å². The van der Waals surface area contributed by atoms with Crippen LogP contribution in [0.4, 0.5) is 0 Å². The highest BCUT2D eigenvalue weighted by molar-refractivity contribution is 5.42. The van der Waals surface area contributed by atoms with Gasteiger partial charge in [-0.05, 0) is 38.4 Å². The molecule has 1 N–H and O–H groups in total.